The summed E-state index contributed by atoms with van der Waals surface area (Å²) in [7, 11) is 0. The van der Waals surface area contributed by atoms with E-state index in [1.54, 1.807) is 0 Å². The number of rotatable bonds is 2. The molecule has 0 N–H and O–H groups in total. The predicted molar refractivity (Wildman–Crippen MR) is 31.0 cm³/mol. The van der Waals surface area contributed by atoms with Crippen LogP contribution in [0.5, 0.6) is 0 Å². The van der Waals surface area contributed by atoms with Crippen molar-refractivity contribution in [3.63, 3.8) is 0 Å². The Morgan fingerprint density at radius 3 is 2.43 bits per heavy atom. The molecular formula is C6H11N. The van der Waals surface area contributed by atoms with E-state index in [0.29, 0.717) is 0 Å². The zero-order valence-corrected chi connectivity index (χ0v) is 4.94. The summed E-state index contributed by atoms with van der Waals surface area (Å²) in [6, 6.07) is 0.241. The van der Waals surface area contributed by atoms with E-state index in [4.69, 9.17) is 6.57 Å². The van der Waals surface area contributed by atoms with E-state index >= 15 is 0 Å². The molecule has 0 spiro atoms. The van der Waals surface area contributed by atoms with Gasteiger partial charge in [-0.1, -0.05) is 6.92 Å². The van der Waals surface area contributed by atoms with Gasteiger partial charge in [0, 0.05) is 13.3 Å². The number of hydrogen-bond donors (Lipinski definition) is 0. The Bertz CT molecular complexity index is 70.7. The Labute approximate surface area is 45.2 Å². The molecule has 0 aliphatic heterocycles. The van der Waals surface area contributed by atoms with Crippen LogP contribution in [0.25, 0.3) is 4.85 Å². The van der Waals surface area contributed by atoms with Crippen molar-refractivity contribution in [3.8, 4) is 0 Å². The van der Waals surface area contributed by atoms with Crippen molar-refractivity contribution in [2.45, 2.75) is 32.7 Å². The van der Waals surface area contributed by atoms with Crippen LogP contribution in [0.2, 0.25) is 0 Å². The SMILES string of the molecule is [C-]#[N+][C@H](C)CCC. The summed E-state index contributed by atoms with van der Waals surface area (Å²) < 4.78 is 0. The molecule has 0 saturated heterocycles. The smallest absolute Gasteiger partial charge is 0.221 e. The van der Waals surface area contributed by atoms with Crippen LogP contribution in [0.1, 0.15) is 26.7 Å². The van der Waals surface area contributed by atoms with E-state index in [1.807, 2.05) is 6.92 Å². The fourth-order valence-corrected chi connectivity index (χ4v) is 0.482. The lowest BCUT2D eigenvalue weighted by atomic mass is 10.2. The van der Waals surface area contributed by atoms with Crippen LogP contribution in [0.15, 0.2) is 0 Å². The maximum atomic E-state index is 6.54. The van der Waals surface area contributed by atoms with Gasteiger partial charge in [-0.2, -0.15) is 0 Å². The van der Waals surface area contributed by atoms with Gasteiger partial charge in [-0.05, 0) is 6.42 Å². The highest BCUT2D eigenvalue weighted by atomic mass is 14.7. The molecule has 0 heterocycles. The molecule has 0 aliphatic rings. The molecule has 0 bridgehead atoms. The van der Waals surface area contributed by atoms with Gasteiger partial charge in [0.15, 0.2) is 0 Å². The first-order valence-corrected chi connectivity index (χ1v) is 2.67. The van der Waals surface area contributed by atoms with E-state index in [1.165, 1.54) is 0 Å². The summed E-state index contributed by atoms with van der Waals surface area (Å²) in [5.41, 5.74) is 0. The molecule has 0 radical (unpaired) electrons. The highest BCUT2D eigenvalue weighted by molar-refractivity contribution is 4.70. The van der Waals surface area contributed by atoms with Crippen molar-refractivity contribution < 1.29 is 0 Å². The molecule has 0 saturated carbocycles. The summed E-state index contributed by atoms with van der Waals surface area (Å²) >= 11 is 0. The lowest BCUT2D eigenvalue weighted by Gasteiger charge is -1.90. The summed E-state index contributed by atoms with van der Waals surface area (Å²) in [6.07, 6.45) is 2.17. The molecular weight excluding hydrogens is 86.1 g/mol. The van der Waals surface area contributed by atoms with Gasteiger partial charge in [0.1, 0.15) is 0 Å². The maximum absolute atomic E-state index is 6.54. The Kier molecular flexibility index (Phi) is 3.40. The lowest BCUT2D eigenvalue weighted by Crippen LogP contribution is -1.90. The molecule has 0 amide bonds. The quantitative estimate of drug-likeness (QED) is 0.465. The first kappa shape index (κ1) is 6.49. The third-order valence-corrected chi connectivity index (χ3v) is 0.927. The molecule has 40 valence electrons. The molecule has 0 aliphatic carbocycles. The summed E-state index contributed by atoms with van der Waals surface area (Å²) in [5, 5.41) is 0. The second-order valence-electron chi connectivity index (χ2n) is 1.77. The van der Waals surface area contributed by atoms with Crippen molar-refractivity contribution in [1.82, 2.24) is 0 Å². The predicted octanol–water partition coefficient (Wildman–Crippen LogP) is 2.09. The van der Waals surface area contributed by atoms with Crippen LogP contribution in [0, 0.1) is 6.57 Å². The second-order valence-corrected chi connectivity index (χ2v) is 1.77. The normalized spacial score (nSPS) is 12.7. The van der Waals surface area contributed by atoms with E-state index in [9.17, 15) is 0 Å². The van der Waals surface area contributed by atoms with Crippen LogP contribution < -0.4 is 0 Å². The average Bonchev–Trinajstić information content (AvgIpc) is 1.68. The van der Waals surface area contributed by atoms with Crippen molar-refractivity contribution in [3.05, 3.63) is 11.4 Å². The molecule has 0 unspecified atom stereocenters. The molecule has 0 aromatic carbocycles. The fourth-order valence-electron chi connectivity index (χ4n) is 0.482. The minimum absolute atomic E-state index is 0.241. The molecule has 1 nitrogen and oxygen atoms in total. The van der Waals surface area contributed by atoms with Crippen LogP contribution in [0.3, 0.4) is 0 Å². The number of nitrogens with zero attached hydrogens (tertiary/aromatic N) is 1. The van der Waals surface area contributed by atoms with Crippen LogP contribution in [-0.2, 0) is 0 Å². The van der Waals surface area contributed by atoms with Crippen molar-refractivity contribution in [2.24, 2.45) is 0 Å². The van der Waals surface area contributed by atoms with Gasteiger partial charge < -0.3 is 4.85 Å². The van der Waals surface area contributed by atoms with Crippen molar-refractivity contribution in [1.29, 1.82) is 0 Å². The summed E-state index contributed by atoms with van der Waals surface area (Å²) in [6.45, 7) is 10.6. The van der Waals surface area contributed by atoms with E-state index in [2.05, 4.69) is 11.8 Å². The summed E-state index contributed by atoms with van der Waals surface area (Å²) in [4.78, 5) is 3.33. The van der Waals surface area contributed by atoms with Gasteiger partial charge in [-0.15, -0.1) is 0 Å². The van der Waals surface area contributed by atoms with E-state index in [0.717, 1.165) is 12.8 Å². The Morgan fingerprint density at radius 1 is 1.71 bits per heavy atom. The van der Waals surface area contributed by atoms with Gasteiger partial charge in [0.2, 0.25) is 6.04 Å². The van der Waals surface area contributed by atoms with Crippen LogP contribution >= 0.6 is 0 Å². The Balaban J connectivity index is 3.04. The lowest BCUT2D eigenvalue weighted by molar-refractivity contribution is 0.725. The van der Waals surface area contributed by atoms with Crippen LogP contribution in [0.4, 0.5) is 0 Å². The number of hydrogen-bond acceptors (Lipinski definition) is 0. The first-order valence-electron chi connectivity index (χ1n) is 2.67. The monoisotopic (exact) mass is 97.1 g/mol. The molecule has 0 aromatic rings. The standard InChI is InChI=1S/C6H11N/c1-4-5-6(2)7-3/h6H,4-5H2,1-2H3/t6-/m1/s1. The average molecular weight is 97.2 g/mol. The van der Waals surface area contributed by atoms with Gasteiger partial charge in [0.05, 0.1) is 0 Å². The highest BCUT2D eigenvalue weighted by Gasteiger charge is 1.97. The van der Waals surface area contributed by atoms with E-state index < -0.39 is 0 Å². The molecule has 0 rings (SSSR count). The minimum Gasteiger partial charge on any atom is -0.314 e. The van der Waals surface area contributed by atoms with Gasteiger partial charge in [0.25, 0.3) is 0 Å². The maximum Gasteiger partial charge on any atom is 0.221 e. The Morgan fingerprint density at radius 2 is 2.29 bits per heavy atom. The molecule has 0 fully saturated rings. The zero-order chi connectivity index (χ0) is 5.70. The minimum atomic E-state index is 0.241. The fraction of sp³-hybridized carbons (Fsp3) is 0.833. The van der Waals surface area contributed by atoms with Gasteiger partial charge in [-0.25, -0.2) is 6.57 Å². The van der Waals surface area contributed by atoms with Gasteiger partial charge in [-0.3, -0.25) is 0 Å². The van der Waals surface area contributed by atoms with E-state index in [-0.39, 0.29) is 6.04 Å². The van der Waals surface area contributed by atoms with Crippen LogP contribution in [-0.4, -0.2) is 6.04 Å². The third kappa shape index (κ3) is 3.32. The largest absolute Gasteiger partial charge is 0.314 e. The van der Waals surface area contributed by atoms with Crippen molar-refractivity contribution >= 4 is 0 Å². The molecule has 1 atom stereocenters. The van der Waals surface area contributed by atoms with Crippen molar-refractivity contribution in [2.75, 3.05) is 0 Å². The van der Waals surface area contributed by atoms with Gasteiger partial charge >= 0.3 is 0 Å². The molecule has 0 aromatic heterocycles. The highest BCUT2D eigenvalue weighted by Crippen LogP contribution is 1.97. The second kappa shape index (κ2) is 3.67. The summed E-state index contributed by atoms with van der Waals surface area (Å²) in [5.74, 6) is 0. The molecule has 7 heavy (non-hydrogen) atoms. The Hall–Kier alpha value is -0.510. The molecule has 1 heteroatoms. The topological polar surface area (TPSA) is 4.36 Å². The zero-order valence-electron chi connectivity index (χ0n) is 4.94. The first-order chi connectivity index (χ1) is 3.31. The third-order valence-electron chi connectivity index (χ3n) is 0.927.